The van der Waals surface area contributed by atoms with Crippen LogP contribution in [-0.4, -0.2) is 40.2 Å². The molecule has 8 nitrogen and oxygen atoms in total. The SMILES string of the molecule is CCOc1ccc(C2C(C(=O)/C=C/c3ccccc3)=C(O)C(=O)N2c2nnc(SCc3ccc(F)cc3)s2)cc1OCC. The van der Waals surface area contributed by atoms with E-state index >= 15 is 0 Å². The van der Waals surface area contributed by atoms with Crippen LogP contribution in [0.25, 0.3) is 6.08 Å². The van der Waals surface area contributed by atoms with Gasteiger partial charge in [-0.05, 0) is 60.9 Å². The van der Waals surface area contributed by atoms with E-state index in [1.165, 1.54) is 34.9 Å². The molecule has 4 aromatic rings. The van der Waals surface area contributed by atoms with Crippen LogP contribution in [-0.2, 0) is 15.3 Å². The zero-order valence-electron chi connectivity index (χ0n) is 23.4. The van der Waals surface area contributed by atoms with E-state index in [1.54, 1.807) is 36.4 Å². The number of nitrogens with zero attached hydrogens (tertiary/aromatic N) is 3. The van der Waals surface area contributed by atoms with E-state index in [4.69, 9.17) is 9.47 Å². The number of anilines is 1. The van der Waals surface area contributed by atoms with Crippen LogP contribution in [0.5, 0.6) is 11.5 Å². The Morgan fingerprint density at radius 1 is 1.02 bits per heavy atom. The van der Waals surface area contributed by atoms with E-state index in [0.717, 1.165) is 22.5 Å². The Morgan fingerprint density at radius 3 is 2.47 bits per heavy atom. The van der Waals surface area contributed by atoms with Crippen molar-refractivity contribution in [3.05, 3.63) is 113 Å². The zero-order chi connectivity index (χ0) is 30.3. The van der Waals surface area contributed by atoms with Crippen LogP contribution in [0.3, 0.4) is 0 Å². The quantitative estimate of drug-likeness (QED) is 0.104. The summed E-state index contributed by atoms with van der Waals surface area (Å²) >= 11 is 2.54. The fraction of sp³-hybridized carbons (Fsp3) is 0.188. The van der Waals surface area contributed by atoms with Gasteiger partial charge in [-0.2, -0.15) is 0 Å². The number of hydrogen-bond donors (Lipinski definition) is 1. The lowest BCUT2D eigenvalue weighted by atomic mass is 9.95. The van der Waals surface area contributed by atoms with Crippen LogP contribution in [0, 0.1) is 5.82 Å². The molecule has 1 amide bonds. The maximum absolute atomic E-state index is 13.6. The highest BCUT2D eigenvalue weighted by Gasteiger charge is 2.45. The summed E-state index contributed by atoms with van der Waals surface area (Å²) in [5.41, 5.74) is 2.13. The van der Waals surface area contributed by atoms with Crippen LogP contribution < -0.4 is 14.4 Å². The highest BCUT2D eigenvalue weighted by molar-refractivity contribution is 8.00. The third-order valence-electron chi connectivity index (χ3n) is 6.46. The molecule has 1 atom stereocenters. The topological polar surface area (TPSA) is 102 Å². The fourth-order valence-corrected chi connectivity index (χ4v) is 6.34. The molecule has 0 aliphatic carbocycles. The monoisotopic (exact) mass is 617 g/mol. The molecule has 0 fully saturated rings. The maximum atomic E-state index is 13.6. The van der Waals surface area contributed by atoms with Crippen molar-refractivity contribution < 1.29 is 28.6 Å². The number of rotatable bonds is 12. The minimum Gasteiger partial charge on any atom is -0.503 e. The van der Waals surface area contributed by atoms with Crippen molar-refractivity contribution in [3.8, 4) is 11.5 Å². The number of benzene rings is 3. The first-order valence-electron chi connectivity index (χ1n) is 13.5. The number of carbonyl (C=O) groups is 2. The minimum absolute atomic E-state index is 0.0838. The molecular formula is C32H28FN3O5S2. The van der Waals surface area contributed by atoms with Crippen molar-refractivity contribution in [1.82, 2.24) is 10.2 Å². The van der Waals surface area contributed by atoms with Gasteiger partial charge in [0.05, 0.1) is 24.8 Å². The molecule has 2 heterocycles. The molecule has 0 saturated carbocycles. The van der Waals surface area contributed by atoms with Gasteiger partial charge in [0, 0.05) is 5.75 Å². The molecule has 1 aliphatic heterocycles. The van der Waals surface area contributed by atoms with Gasteiger partial charge >= 0.3 is 0 Å². The van der Waals surface area contributed by atoms with Crippen LogP contribution in [0.2, 0.25) is 0 Å². The van der Waals surface area contributed by atoms with E-state index in [9.17, 15) is 19.1 Å². The van der Waals surface area contributed by atoms with Gasteiger partial charge in [-0.15, -0.1) is 10.2 Å². The van der Waals surface area contributed by atoms with Gasteiger partial charge < -0.3 is 14.6 Å². The molecular weight excluding hydrogens is 590 g/mol. The van der Waals surface area contributed by atoms with Crippen molar-refractivity contribution in [2.75, 3.05) is 18.1 Å². The lowest BCUT2D eigenvalue weighted by Crippen LogP contribution is -2.31. The lowest BCUT2D eigenvalue weighted by molar-refractivity contribution is -0.117. The van der Waals surface area contributed by atoms with Crippen LogP contribution in [0.4, 0.5) is 9.52 Å². The summed E-state index contributed by atoms with van der Waals surface area (Å²) in [6.45, 7) is 4.49. The van der Waals surface area contributed by atoms with Crippen molar-refractivity contribution in [2.45, 2.75) is 30.0 Å². The molecule has 5 rings (SSSR count). The molecule has 0 saturated heterocycles. The predicted molar refractivity (Wildman–Crippen MR) is 165 cm³/mol. The Hall–Kier alpha value is -4.48. The van der Waals surface area contributed by atoms with Crippen molar-refractivity contribution in [2.24, 2.45) is 0 Å². The van der Waals surface area contributed by atoms with E-state index in [-0.39, 0.29) is 16.5 Å². The number of ether oxygens (including phenoxy) is 2. The zero-order valence-corrected chi connectivity index (χ0v) is 25.0. The van der Waals surface area contributed by atoms with Gasteiger partial charge in [0.2, 0.25) is 5.13 Å². The Balaban J connectivity index is 1.51. The number of carbonyl (C=O) groups excluding carboxylic acids is 2. The number of ketones is 1. The summed E-state index contributed by atoms with van der Waals surface area (Å²) in [5, 5.41) is 19.8. The Kier molecular flexibility index (Phi) is 9.53. The summed E-state index contributed by atoms with van der Waals surface area (Å²) in [7, 11) is 0. The maximum Gasteiger partial charge on any atom is 0.296 e. The first-order valence-corrected chi connectivity index (χ1v) is 15.3. The van der Waals surface area contributed by atoms with Crippen molar-refractivity contribution >= 4 is 46.0 Å². The summed E-state index contributed by atoms with van der Waals surface area (Å²) < 4.78 is 25.4. The molecule has 1 aromatic heterocycles. The van der Waals surface area contributed by atoms with Gasteiger partial charge in [0.25, 0.3) is 5.91 Å². The third-order valence-corrected chi connectivity index (χ3v) is 8.59. The number of allylic oxidation sites excluding steroid dienone is 1. The molecule has 0 bridgehead atoms. The van der Waals surface area contributed by atoms with Crippen LogP contribution >= 0.6 is 23.1 Å². The van der Waals surface area contributed by atoms with Crippen LogP contribution in [0.15, 0.2) is 94.5 Å². The lowest BCUT2D eigenvalue weighted by Gasteiger charge is -2.24. The highest BCUT2D eigenvalue weighted by Crippen LogP contribution is 2.45. The smallest absolute Gasteiger partial charge is 0.296 e. The first-order chi connectivity index (χ1) is 20.9. The Labute approximate surface area is 256 Å². The van der Waals surface area contributed by atoms with Gasteiger partial charge in [-0.3, -0.25) is 14.5 Å². The molecule has 1 unspecified atom stereocenters. The summed E-state index contributed by atoms with van der Waals surface area (Å²) in [4.78, 5) is 28.4. The van der Waals surface area contributed by atoms with Gasteiger partial charge in [-0.1, -0.05) is 77.7 Å². The normalized spacial score (nSPS) is 15.0. The number of thioether (sulfide) groups is 1. The van der Waals surface area contributed by atoms with E-state index in [0.29, 0.717) is 40.4 Å². The fourth-order valence-electron chi connectivity index (χ4n) is 4.52. The molecule has 0 spiro atoms. The second-order valence-corrected chi connectivity index (χ2v) is 11.5. The highest BCUT2D eigenvalue weighted by atomic mass is 32.2. The third kappa shape index (κ3) is 6.79. The minimum atomic E-state index is -1.00. The molecule has 220 valence electrons. The average molecular weight is 618 g/mol. The standard InChI is InChI=1S/C32H28FN3O5S2/c1-3-40-25-17-13-22(18-26(25)41-4-2)28-27(24(37)16-12-20-8-6-5-7-9-20)29(38)30(39)36(28)31-34-35-32(43-31)42-19-21-10-14-23(33)15-11-21/h5-18,28,38H,3-4,19H2,1-2H3/b16-12+. The molecule has 11 heteroatoms. The summed E-state index contributed by atoms with van der Waals surface area (Å²) in [6.07, 6.45) is 2.97. The van der Waals surface area contributed by atoms with E-state index in [2.05, 4.69) is 10.2 Å². The van der Waals surface area contributed by atoms with Gasteiger partial charge in [0.15, 0.2) is 27.4 Å². The number of aliphatic hydroxyl groups excluding tert-OH is 1. The van der Waals surface area contributed by atoms with Gasteiger partial charge in [0.1, 0.15) is 5.82 Å². The predicted octanol–water partition coefficient (Wildman–Crippen LogP) is 6.95. The van der Waals surface area contributed by atoms with E-state index in [1.807, 2.05) is 44.2 Å². The second kappa shape index (κ2) is 13.7. The number of aromatic nitrogens is 2. The summed E-state index contributed by atoms with van der Waals surface area (Å²) in [6, 6.07) is 19.6. The van der Waals surface area contributed by atoms with E-state index < -0.39 is 23.5 Å². The molecule has 1 aliphatic rings. The van der Waals surface area contributed by atoms with Crippen molar-refractivity contribution in [3.63, 3.8) is 0 Å². The molecule has 3 aromatic carbocycles. The average Bonchev–Trinajstić information content (AvgIpc) is 3.59. The molecule has 0 radical (unpaired) electrons. The van der Waals surface area contributed by atoms with Crippen molar-refractivity contribution in [1.29, 1.82) is 0 Å². The number of amides is 1. The first kappa shape index (κ1) is 30.0. The Morgan fingerprint density at radius 2 is 1.74 bits per heavy atom. The number of hydrogen-bond acceptors (Lipinski definition) is 9. The number of aliphatic hydroxyl groups is 1. The number of halogens is 1. The summed E-state index contributed by atoms with van der Waals surface area (Å²) in [5.74, 6) is -0.784. The molecule has 43 heavy (non-hydrogen) atoms. The Bertz CT molecular complexity index is 1670. The largest absolute Gasteiger partial charge is 0.503 e. The molecule has 1 N–H and O–H groups in total. The van der Waals surface area contributed by atoms with Gasteiger partial charge in [-0.25, -0.2) is 4.39 Å². The second-order valence-electron chi connectivity index (χ2n) is 9.29. The van der Waals surface area contributed by atoms with Crippen LogP contribution in [0.1, 0.15) is 36.6 Å².